The zero-order valence-corrected chi connectivity index (χ0v) is 10.6. The predicted octanol–water partition coefficient (Wildman–Crippen LogP) is 4.08. The van der Waals surface area contributed by atoms with Crippen molar-refractivity contribution in [2.24, 2.45) is 0 Å². The van der Waals surface area contributed by atoms with E-state index in [0.29, 0.717) is 11.1 Å². The minimum atomic E-state index is -4.35. The summed E-state index contributed by atoms with van der Waals surface area (Å²) >= 11 is 0. The van der Waals surface area contributed by atoms with Crippen LogP contribution < -0.4 is 0 Å². The van der Waals surface area contributed by atoms with Gasteiger partial charge in [-0.25, -0.2) is 0 Å². The van der Waals surface area contributed by atoms with E-state index in [4.69, 9.17) is 0 Å². The molecule has 0 aromatic heterocycles. The first-order valence-electron chi connectivity index (χ1n) is 6.16. The number of benzene rings is 2. The third kappa shape index (κ3) is 3.39. The summed E-state index contributed by atoms with van der Waals surface area (Å²) in [6.45, 7) is 0. The van der Waals surface area contributed by atoms with Gasteiger partial charge in [0.05, 0.1) is 6.42 Å². The number of alkyl halides is 3. The SMILES string of the molecule is OC([CH]CC(F)(F)F)(c1ccccc1)c1ccccc1. The zero-order valence-electron chi connectivity index (χ0n) is 10.6. The monoisotopic (exact) mass is 279 g/mol. The van der Waals surface area contributed by atoms with Crippen LogP contribution in [0.4, 0.5) is 13.2 Å². The highest BCUT2D eigenvalue weighted by atomic mass is 19.4. The average Bonchev–Trinajstić information content (AvgIpc) is 2.46. The van der Waals surface area contributed by atoms with Gasteiger partial charge in [0.2, 0.25) is 0 Å². The lowest BCUT2D eigenvalue weighted by atomic mass is 9.82. The van der Waals surface area contributed by atoms with Gasteiger partial charge < -0.3 is 5.11 Å². The Balaban J connectivity index is 2.39. The summed E-state index contributed by atoms with van der Waals surface area (Å²) in [5.74, 6) is 0. The Bertz CT molecular complexity index is 495. The molecule has 105 valence electrons. The van der Waals surface area contributed by atoms with E-state index in [9.17, 15) is 18.3 Å². The predicted molar refractivity (Wildman–Crippen MR) is 70.9 cm³/mol. The molecule has 0 aliphatic carbocycles. The molecule has 0 unspecified atom stereocenters. The summed E-state index contributed by atoms with van der Waals surface area (Å²) in [5, 5.41) is 10.8. The summed E-state index contributed by atoms with van der Waals surface area (Å²) in [4.78, 5) is 0. The normalized spacial score (nSPS) is 12.4. The fraction of sp³-hybridized carbons (Fsp3) is 0.188. The first-order chi connectivity index (χ1) is 9.42. The van der Waals surface area contributed by atoms with E-state index in [2.05, 4.69) is 0 Å². The lowest BCUT2D eigenvalue weighted by Gasteiger charge is -2.29. The Morgan fingerprint density at radius 1 is 0.800 bits per heavy atom. The van der Waals surface area contributed by atoms with Gasteiger partial charge in [0.1, 0.15) is 5.60 Å². The van der Waals surface area contributed by atoms with Gasteiger partial charge in [-0.15, -0.1) is 0 Å². The molecule has 0 amide bonds. The zero-order chi connectivity index (χ0) is 14.6. The maximum atomic E-state index is 12.5. The van der Waals surface area contributed by atoms with E-state index in [1.165, 1.54) is 0 Å². The average molecular weight is 279 g/mol. The van der Waals surface area contributed by atoms with Gasteiger partial charge in [0.15, 0.2) is 0 Å². The molecule has 0 aliphatic heterocycles. The number of halogens is 3. The lowest BCUT2D eigenvalue weighted by molar-refractivity contribution is -0.132. The first kappa shape index (κ1) is 14.6. The van der Waals surface area contributed by atoms with Crippen LogP contribution in [0.25, 0.3) is 0 Å². The Labute approximate surface area is 115 Å². The number of rotatable bonds is 4. The van der Waals surface area contributed by atoms with Crippen LogP contribution in [0.15, 0.2) is 60.7 Å². The second-order valence-corrected chi connectivity index (χ2v) is 4.52. The summed E-state index contributed by atoms with van der Waals surface area (Å²) in [6, 6.07) is 16.7. The molecule has 2 aromatic carbocycles. The standard InChI is InChI=1S/C16H14F3O/c17-16(18,19)12-11-15(20,13-7-3-1-4-8-13)14-9-5-2-6-10-14/h1-11,20H,12H2. The molecular weight excluding hydrogens is 265 g/mol. The van der Waals surface area contributed by atoms with Crippen LogP contribution in [0.2, 0.25) is 0 Å². The molecule has 1 N–H and O–H groups in total. The van der Waals surface area contributed by atoms with Crippen molar-refractivity contribution in [3.63, 3.8) is 0 Å². The highest BCUT2D eigenvalue weighted by Gasteiger charge is 2.37. The van der Waals surface area contributed by atoms with Crippen molar-refractivity contribution in [2.75, 3.05) is 0 Å². The fourth-order valence-corrected chi connectivity index (χ4v) is 2.05. The van der Waals surface area contributed by atoms with Crippen LogP contribution in [0.5, 0.6) is 0 Å². The third-order valence-corrected chi connectivity index (χ3v) is 3.06. The fourth-order valence-electron chi connectivity index (χ4n) is 2.05. The van der Waals surface area contributed by atoms with E-state index in [1.807, 2.05) is 0 Å². The van der Waals surface area contributed by atoms with Crippen LogP contribution in [-0.2, 0) is 5.60 Å². The molecule has 0 saturated carbocycles. The Morgan fingerprint density at radius 3 is 1.55 bits per heavy atom. The van der Waals surface area contributed by atoms with E-state index < -0.39 is 18.2 Å². The summed E-state index contributed by atoms with van der Waals surface area (Å²) < 4.78 is 37.4. The molecular formula is C16H14F3O. The molecule has 1 nitrogen and oxygen atoms in total. The van der Waals surface area contributed by atoms with Crippen LogP contribution in [0.3, 0.4) is 0 Å². The van der Waals surface area contributed by atoms with E-state index in [-0.39, 0.29) is 0 Å². The van der Waals surface area contributed by atoms with Gasteiger partial charge in [-0.3, -0.25) is 0 Å². The second kappa shape index (κ2) is 5.67. The van der Waals surface area contributed by atoms with Crippen molar-refractivity contribution in [3.8, 4) is 0 Å². The Hall–Kier alpha value is -1.81. The molecule has 0 bridgehead atoms. The van der Waals surface area contributed by atoms with Crippen molar-refractivity contribution >= 4 is 0 Å². The highest BCUT2D eigenvalue weighted by molar-refractivity contribution is 5.39. The molecule has 0 spiro atoms. The summed E-state index contributed by atoms with van der Waals surface area (Å²) in [6.07, 6.45) is -4.61. The van der Waals surface area contributed by atoms with Gasteiger partial charge in [0.25, 0.3) is 0 Å². The van der Waals surface area contributed by atoms with Gasteiger partial charge in [0, 0.05) is 6.42 Å². The van der Waals surface area contributed by atoms with Crippen molar-refractivity contribution < 1.29 is 18.3 Å². The molecule has 0 fully saturated rings. The Morgan fingerprint density at radius 2 is 1.20 bits per heavy atom. The van der Waals surface area contributed by atoms with Crippen LogP contribution in [0, 0.1) is 6.42 Å². The topological polar surface area (TPSA) is 20.2 Å². The molecule has 0 atom stereocenters. The smallest absolute Gasteiger partial charge is 0.380 e. The Kier molecular flexibility index (Phi) is 4.14. The van der Waals surface area contributed by atoms with Crippen LogP contribution >= 0.6 is 0 Å². The van der Waals surface area contributed by atoms with E-state index in [1.54, 1.807) is 60.7 Å². The van der Waals surface area contributed by atoms with Gasteiger partial charge in [-0.1, -0.05) is 60.7 Å². The van der Waals surface area contributed by atoms with Crippen molar-refractivity contribution in [1.29, 1.82) is 0 Å². The second-order valence-electron chi connectivity index (χ2n) is 4.52. The van der Waals surface area contributed by atoms with E-state index in [0.717, 1.165) is 6.42 Å². The van der Waals surface area contributed by atoms with Crippen LogP contribution in [0.1, 0.15) is 17.5 Å². The number of hydrogen-bond acceptors (Lipinski definition) is 1. The minimum absolute atomic E-state index is 0.412. The lowest BCUT2D eigenvalue weighted by Crippen LogP contribution is -2.30. The van der Waals surface area contributed by atoms with Gasteiger partial charge >= 0.3 is 6.18 Å². The van der Waals surface area contributed by atoms with Crippen molar-refractivity contribution in [1.82, 2.24) is 0 Å². The molecule has 2 aromatic rings. The van der Waals surface area contributed by atoms with Crippen molar-refractivity contribution in [3.05, 3.63) is 78.2 Å². The third-order valence-electron chi connectivity index (χ3n) is 3.06. The highest BCUT2D eigenvalue weighted by Crippen LogP contribution is 2.36. The molecule has 2 rings (SSSR count). The van der Waals surface area contributed by atoms with E-state index >= 15 is 0 Å². The van der Waals surface area contributed by atoms with Gasteiger partial charge in [-0.05, 0) is 11.1 Å². The molecule has 0 saturated heterocycles. The molecule has 0 heterocycles. The van der Waals surface area contributed by atoms with Crippen molar-refractivity contribution in [2.45, 2.75) is 18.2 Å². The molecule has 20 heavy (non-hydrogen) atoms. The van der Waals surface area contributed by atoms with Crippen LogP contribution in [-0.4, -0.2) is 11.3 Å². The molecule has 1 radical (unpaired) electrons. The summed E-state index contributed by atoms with van der Waals surface area (Å²) in [5.41, 5.74) is -0.927. The minimum Gasteiger partial charge on any atom is -0.380 e. The summed E-state index contributed by atoms with van der Waals surface area (Å²) in [7, 11) is 0. The maximum absolute atomic E-state index is 12.5. The number of aliphatic hydroxyl groups is 1. The van der Waals surface area contributed by atoms with Gasteiger partial charge in [-0.2, -0.15) is 13.2 Å². The maximum Gasteiger partial charge on any atom is 0.389 e. The molecule has 0 aliphatic rings. The number of hydrogen-bond donors (Lipinski definition) is 1. The largest absolute Gasteiger partial charge is 0.389 e. The molecule has 4 heteroatoms. The first-order valence-corrected chi connectivity index (χ1v) is 6.16. The quantitative estimate of drug-likeness (QED) is 0.894.